The molecule has 131 valence electrons. The maximum Gasteiger partial charge on any atom is 0.229 e. The molecule has 0 saturated carbocycles. The van der Waals surface area contributed by atoms with Gasteiger partial charge in [0.15, 0.2) is 0 Å². The lowest BCUT2D eigenvalue weighted by Crippen LogP contribution is -2.39. The number of aromatic nitrogens is 2. The molecular weight excluding hydrogens is 304 g/mol. The Hall–Kier alpha value is -1.98. The molecule has 2 N–H and O–H groups in total. The summed E-state index contributed by atoms with van der Waals surface area (Å²) < 4.78 is 0. The number of nitrogens with zero attached hydrogens (tertiary/aromatic N) is 2. The van der Waals surface area contributed by atoms with Crippen molar-refractivity contribution in [2.24, 2.45) is 0 Å². The number of aryl methyl sites for hydroxylation is 1. The maximum absolute atomic E-state index is 11.9. The molecule has 24 heavy (non-hydrogen) atoms. The van der Waals surface area contributed by atoms with Crippen LogP contribution in [0.25, 0.3) is 0 Å². The van der Waals surface area contributed by atoms with Crippen LogP contribution >= 0.6 is 0 Å². The van der Waals surface area contributed by atoms with Crippen molar-refractivity contribution in [2.45, 2.75) is 70.8 Å². The number of anilines is 1. The summed E-state index contributed by atoms with van der Waals surface area (Å²) in [5.74, 6) is 0.435. The van der Waals surface area contributed by atoms with Crippen LogP contribution in [0.1, 0.15) is 63.1 Å². The molecular formula is C18H27N4O2. The summed E-state index contributed by atoms with van der Waals surface area (Å²) in [6.45, 7) is 5.75. The Morgan fingerprint density at radius 2 is 2.12 bits per heavy atom. The number of carbonyl (C=O) groups is 2. The van der Waals surface area contributed by atoms with Gasteiger partial charge in [-0.1, -0.05) is 26.7 Å². The first-order chi connectivity index (χ1) is 11.6. The van der Waals surface area contributed by atoms with Gasteiger partial charge in [-0.2, -0.15) is 0 Å². The first-order valence-corrected chi connectivity index (χ1v) is 8.85. The quantitative estimate of drug-likeness (QED) is 0.717. The molecule has 0 bridgehead atoms. The van der Waals surface area contributed by atoms with Crippen molar-refractivity contribution in [3.05, 3.63) is 24.4 Å². The Bertz CT molecular complexity index is 574. The second-order valence-corrected chi connectivity index (χ2v) is 6.28. The zero-order chi connectivity index (χ0) is 17.4. The van der Waals surface area contributed by atoms with E-state index in [-0.39, 0.29) is 17.9 Å². The SMILES string of the molecule is [CH2]CCCCC(=O)NC1CCc2nc(NC(=O)CCC)ncc2C1. The molecule has 0 fully saturated rings. The number of hydrogen-bond donors (Lipinski definition) is 2. The van der Waals surface area contributed by atoms with E-state index < -0.39 is 0 Å². The van der Waals surface area contributed by atoms with Crippen molar-refractivity contribution in [3.63, 3.8) is 0 Å². The number of amides is 2. The van der Waals surface area contributed by atoms with Gasteiger partial charge in [0, 0.05) is 30.8 Å². The normalized spacial score (nSPS) is 16.3. The van der Waals surface area contributed by atoms with Gasteiger partial charge in [0.05, 0.1) is 0 Å². The van der Waals surface area contributed by atoms with Crippen LogP contribution in [0.5, 0.6) is 0 Å². The van der Waals surface area contributed by atoms with Gasteiger partial charge in [0.2, 0.25) is 17.8 Å². The minimum absolute atomic E-state index is 0.0549. The van der Waals surface area contributed by atoms with Gasteiger partial charge in [-0.3, -0.25) is 14.9 Å². The highest BCUT2D eigenvalue weighted by atomic mass is 16.2. The third kappa shape index (κ3) is 5.58. The largest absolute Gasteiger partial charge is 0.353 e. The van der Waals surface area contributed by atoms with E-state index in [1.807, 2.05) is 6.92 Å². The van der Waals surface area contributed by atoms with Crippen LogP contribution in [-0.4, -0.2) is 27.8 Å². The van der Waals surface area contributed by atoms with Crippen molar-refractivity contribution in [1.82, 2.24) is 15.3 Å². The topological polar surface area (TPSA) is 84.0 Å². The van der Waals surface area contributed by atoms with Gasteiger partial charge in [0.25, 0.3) is 0 Å². The number of fused-ring (bicyclic) bond motifs is 1. The number of carbonyl (C=O) groups excluding carboxylic acids is 2. The Kier molecular flexibility index (Phi) is 7.15. The van der Waals surface area contributed by atoms with E-state index in [1.54, 1.807) is 6.20 Å². The molecule has 1 aromatic rings. The van der Waals surface area contributed by atoms with Gasteiger partial charge in [-0.15, -0.1) is 0 Å². The summed E-state index contributed by atoms with van der Waals surface area (Å²) in [6, 6.07) is 0.147. The smallest absolute Gasteiger partial charge is 0.229 e. The third-order valence-electron chi connectivity index (χ3n) is 4.15. The van der Waals surface area contributed by atoms with Crippen LogP contribution in [0.2, 0.25) is 0 Å². The molecule has 2 rings (SSSR count). The molecule has 1 unspecified atom stereocenters. The van der Waals surface area contributed by atoms with E-state index in [2.05, 4.69) is 27.5 Å². The number of hydrogen-bond acceptors (Lipinski definition) is 4. The highest BCUT2D eigenvalue weighted by molar-refractivity contribution is 5.88. The highest BCUT2D eigenvalue weighted by Crippen LogP contribution is 2.20. The number of rotatable bonds is 8. The fourth-order valence-corrected chi connectivity index (χ4v) is 2.87. The summed E-state index contributed by atoms with van der Waals surface area (Å²) in [5, 5.41) is 5.83. The summed E-state index contributed by atoms with van der Waals surface area (Å²) in [5.41, 5.74) is 2.03. The first-order valence-electron chi connectivity index (χ1n) is 8.85. The molecule has 1 aliphatic rings. The van der Waals surface area contributed by atoms with E-state index in [1.165, 1.54) is 0 Å². The predicted octanol–water partition coefficient (Wildman–Crippen LogP) is 2.58. The minimum Gasteiger partial charge on any atom is -0.353 e. The number of nitrogens with one attached hydrogen (secondary N) is 2. The Labute approximate surface area is 143 Å². The van der Waals surface area contributed by atoms with E-state index >= 15 is 0 Å². The summed E-state index contributed by atoms with van der Waals surface area (Å²) in [7, 11) is 0. The summed E-state index contributed by atoms with van der Waals surface area (Å²) >= 11 is 0. The van der Waals surface area contributed by atoms with Crippen molar-refractivity contribution < 1.29 is 9.59 Å². The van der Waals surface area contributed by atoms with Crippen LogP contribution in [0.4, 0.5) is 5.95 Å². The van der Waals surface area contributed by atoms with Crippen molar-refractivity contribution in [1.29, 1.82) is 0 Å². The van der Waals surface area contributed by atoms with Crippen LogP contribution < -0.4 is 10.6 Å². The molecule has 1 aliphatic carbocycles. The van der Waals surface area contributed by atoms with E-state index in [9.17, 15) is 9.59 Å². The molecule has 1 atom stereocenters. The van der Waals surface area contributed by atoms with Gasteiger partial charge in [-0.05, 0) is 37.7 Å². The van der Waals surface area contributed by atoms with Crippen LogP contribution in [0.15, 0.2) is 6.20 Å². The lowest BCUT2D eigenvalue weighted by molar-refractivity contribution is -0.122. The average Bonchev–Trinajstić information content (AvgIpc) is 2.55. The summed E-state index contributed by atoms with van der Waals surface area (Å²) in [6.07, 6.45) is 8.77. The van der Waals surface area contributed by atoms with Gasteiger partial charge < -0.3 is 5.32 Å². The Morgan fingerprint density at radius 3 is 2.88 bits per heavy atom. The van der Waals surface area contributed by atoms with E-state index in [0.717, 1.165) is 56.2 Å². The lowest BCUT2D eigenvalue weighted by atomic mass is 9.92. The monoisotopic (exact) mass is 331 g/mol. The fourth-order valence-electron chi connectivity index (χ4n) is 2.87. The van der Waals surface area contributed by atoms with Crippen LogP contribution in [-0.2, 0) is 22.4 Å². The van der Waals surface area contributed by atoms with Gasteiger partial charge in [0.1, 0.15) is 0 Å². The highest BCUT2D eigenvalue weighted by Gasteiger charge is 2.22. The second-order valence-electron chi connectivity index (χ2n) is 6.28. The van der Waals surface area contributed by atoms with Crippen molar-refractivity contribution in [2.75, 3.05) is 5.32 Å². The molecule has 1 radical (unpaired) electrons. The zero-order valence-electron chi connectivity index (χ0n) is 14.4. The molecule has 2 amide bonds. The van der Waals surface area contributed by atoms with Gasteiger partial charge >= 0.3 is 0 Å². The van der Waals surface area contributed by atoms with Crippen LogP contribution in [0.3, 0.4) is 0 Å². The predicted molar refractivity (Wildman–Crippen MR) is 93.4 cm³/mol. The molecule has 1 aromatic heterocycles. The summed E-state index contributed by atoms with van der Waals surface area (Å²) in [4.78, 5) is 32.2. The maximum atomic E-state index is 11.9. The molecule has 6 heteroatoms. The minimum atomic E-state index is -0.0549. The van der Waals surface area contributed by atoms with Crippen molar-refractivity contribution >= 4 is 17.8 Å². The molecule has 0 spiro atoms. The first kappa shape index (κ1) is 18.4. The lowest BCUT2D eigenvalue weighted by Gasteiger charge is -2.25. The third-order valence-corrected chi connectivity index (χ3v) is 4.15. The fraction of sp³-hybridized carbons (Fsp3) is 0.611. The average molecular weight is 331 g/mol. The van der Waals surface area contributed by atoms with E-state index in [0.29, 0.717) is 18.8 Å². The molecule has 0 saturated heterocycles. The molecule has 0 aliphatic heterocycles. The van der Waals surface area contributed by atoms with Gasteiger partial charge in [-0.25, -0.2) is 9.97 Å². The Morgan fingerprint density at radius 1 is 1.29 bits per heavy atom. The zero-order valence-corrected chi connectivity index (χ0v) is 14.4. The Balaban J connectivity index is 1.87. The second kappa shape index (κ2) is 9.35. The van der Waals surface area contributed by atoms with Crippen molar-refractivity contribution in [3.8, 4) is 0 Å². The van der Waals surface area contributed by atoms with E-state index in [4.69, 9.17) is 0 Å². The van der Waals surface area contributed by atoms with Crippen LogP contribution in [0, 0.1) is 6.92 Å². The molecule has 1 heterocycles. The molecule has 6 nitrogen and oxygen atoms in total. The standard InChI is InChI=1S/C18H27N4O2/c1-3-5-6-8-17(24)20-14-9-10-15-13(11-14)12-19-18(21-15)22-16(23)7-4-2/h12,14H,1,3-11H2,2H3,(H,20,24)(H,19,21,22,23). The number of unbranched alkanes of at least 4 members (excludes halogenated alkanes) is 2. The molecule has 0 aromatic carbocycles.